The molecule has 7 nitrogen and oxygen atoms in total. The second kappa shape index (κ2) is 6.93. The molecule has 1 unspecified atom stereocenters. The molecule has 0 aromatic carbocycles. The smallest absolute Gasteiger partial charge is 0.328 e. The third-order valence-electron chi connectivity index (χ3n) is 3.08. The fourth-order valence-electron chi connectivity index (χ4n) is 2.07. The Hall–Kier alpha value is -1.86. The van der Waals surface area contributed by atoms with Gasteiger partial charge in [0, 0.05) is 12.7 Å². The summed E-state index contributed by atoms with van der Waals surface area (Å²) >= 11 is 6.06. The normalized spacial score (nSPS) is 18.4. The number of aromatic nitrogens is 1. The second-order valence-corrected chi connectivity index (χ2v) is 5.51. The van der Waals surface area contributed by atoms with E-state index in [-0.39, 0.29) is 35.7 Å². The number of carboxylic acids is 1. The minimum atomic E-state index is -1.10. The van der Waals surface area contributed by atoms with Crippen molar-refractivity contribution in [3.05, 3.63) is 22.8 Å². The maximum absolute atomic E-state index is 12.5. The number of morpholine rings is 1. The van der Waals surface area contributed by atoms with E-state index in [2.05, 4.69) is 4.98 Å². The van der Waals surface area contributed by atoms with Crippen LogP contribution in [0.2, 0.25) is 5.02 Å². The minimum Gasteiger partial charge on any atom is -0.480 e. The number of ether oxygens (including phenoxy) is 2. The summed E-state index contributed by atoms with van der Waals surface area (Å²) in [6.45, 7) is 4.14. The van der Waals surface area contributed by atoms with Gasteiger partial charge in [0.25, 0.3) is 5.91 Å². The Labute approximate surface area is 132 Å². The van der Waals surface area contributed by atoms with Gasteiger partial charge < -0.3 is 19.5 Å². The highest BCUT2D eigenvalue weighted by Crippen LogP contribution is 2.24. The number of carbonyl (C=O) groups is 2. The van der Waals surface area contributed by atoms with Crippen molar-refractivity contribution in [2.24, 2.45) is 0 Å². The van der Waals surface area contributed by atoms with E-state index in [9.17, 15) is 9.59 Å². The van der Waals surface area contributed by atoms with Gasteiger partial charge in [-0.05, 0) is 19.9 Å². The van der Waals surface area contributed by atoms with Crippen molar-refractivity contribution < 1.29 is 24.2 Å². The fourth-order valence-corrected chi connectivity index (χ4v) is 2.28. The predicted molar refractivity (Wildman–Crippen MR) is 78.3 cm³/mol. The second-order valence-electron chi connectivity index (χ2n) is 5.11. The van der Waals surface area contributed by atoms with E-state index >= 15 is 0 Å². The van der Waals surface area contributed by atoms with Gasteiger partial charge in [0.1, 0.15) is 5.02 Å². The summed E-state index contributed by atoms with van der Waals surface area (Å²) in [7, 11) is 0. The number of halogens is 1. The SMILES string of the molecule is CC(C)Oc1ncc(C(=O)N2CCOCC2C(=O)O)cc1Cl. The zero-order chi connectivity index (χ0) is 16.3. The van der Waals surface area contributed by atoms with Crippen LogP contribution < -0.4 is 4.74 Å². The zero-order valence-electron chi connectivity index (χ0n) is 12.3. The maximum atomic E-state index is 12.5. The van der Waals surface area contributed by atoms with Crippen LogP contribution in [0.25, 0.3) is 0 Å². The van der Waals surface area contributed by atoms with Gasteiger partial charge >= 0.3 is 5.97 Å². The number of carboxylic acid groups (broad SMARTS) is 1. The van der Waals surface area contributed by atoms with Crippen LogP contribution in [0.1, 0.15) is 24.2 Å². The Bertz CT molecular complexity index is 578. The van der Waals surface area contributed by atoms with Gasteiger partial charge in [0.2, 0.25) is 5.88 Å². The quantitative estimate of drug-likeness (QED) is 0.899. The van der Waals surface area contributed by atoms with E-state index in [1.54, 1.807) is 0 Å². The lowest BCUT2D eigenvalue weighted by Crippen LogP contribution is -2.52. The first-order chi connectivity index (χ1) is 10.4. The van der Waals surface area contributed by atoms with E-state index in [1.807, 2.05) is 13.8 Å². The molecule has 1 saturated heterocycles. The number of amides is 1. The first-order valence-electron chi connectivity index (χ1n) is 6.84. The highest BCUT2D eigenvalue weighted by molar-refractivity contribution is 6.32. The minimum absolute atomic E-state index is 0.0310. The molecule has 1 atom stereocenters. The van der Waals surface area contributed by atoms with E-state index in [4.69, 9.17) is 26.2 Å². The van der Waals surface area contributed by atoms with Crippen molar-refractivity contribution in [2.45, 2.75) is 26.0 Å². The van der Waals surface area contributed by atoms with E-state index in [1.165, 1.54) is 17.2 Å². The molecule has 1 amide bonds. The molecule has 8 heteroatoms. The van der Waals surface area contributed by atoms with Gasteiger partial charge in [-0.2, -0.15) is 0 Å². The third-order valence-corrected chi connectivity index (χ3v) is 3.35. The van der Waals surface area contributed by atoms with Gasteiger partial charge in [-0.15, -0.1) is 0 Å². The van der Waals surface area contributed by atoms with E-state index in [0.717, 1.165) is 0 Å². The summed E-state index contributed by atoms with van der Waals surface area (Å²) in [6, 6.07) is 0.426. The molecule has 0 bridgehead atoms. The Kier molecular flexibility index (Phi) is 5.20. The van der Waals surface area contributed by atoms with Gasteiger partial charge in [-0.25, -0.2) is 9.78 Å². The van der Waals surface area contributed by atoms with Gasteiger partial charge in [0.05, 0.1) is 24.9 Å². The maximum Gasteiger partial charge on any atom is 0.328 e. The average Bonchev–Trinajstić information content (AvgIpc) is 2.48. The van der Waals surface area contributed by atoms with Crippen molar-refractivity contribution >= 4 is 23.5 Å². The molecule has 1 aliphatic rings. The van der Waals surface area contributed by atoms with Crippen LogP contribution >= 0.6 is 11.6 Å². The number of hydrogen-bond acceptors (Lipinski definition) is 5. The lowest BCUT2D eigenvalue weighted by molar-refractivity contribution is -0.147. The standard InChI is InChI=1S/C14H17ClN2O5/c1-8(2)22-12-10(15)5-9(6-16-12)13(18)17-3-4-21-7-11(17)14(19)20/h5-6,8,11H,3-4,7H2,1-2H3,(H,19,20). The summed E-state index contributed by atoms with van der Waals surface area (Å²) in [4.78, 5) is 29.0. The van der Waals surface area contributed by atoms with Crippen LogP contribution in [0, 0.1) is 0 Å². The number of carbonyl (C=O) groups excluding carboxylic acids is 1. The monoisotopic (exact) mass is 328 g/mol. The molecule has 120 valence electrons. The number of aliphatic carboxylic acids is 1. The molecule has 0 spiro atoms. The summed E-state index contributed by atoms with van der Waals surface area (Å²) in [5, 5.41) is 9.37. The Balaban J connectivity index is 2.21. The summed E-state index contributed by atoms with van der Waals surface area (Å²) in [5.74, 6) is -1.31. The van der Waals surface area contributed by atoms with Gasteiger partial charge in [-0.1, -0.05) is 11.6 Å². The van der Waals surface area contributed by atoms with Crippen LogP contribution in [-0.2, 0) is 9.53 Å². The molecule has 2 rings (SSSR count). The predicted octanol–water partition coefficient (Wildman–Crippen LogP) is 1.45. The van der Waals surface area contributed by atoms with Crippen LogP contribution in [0.4, 0.5) is 0 Å². The molecule has 2 heterocycles. The van der Waals surface area contributed by atoms with E-state index < -0.39 is 17.9 Å². The van der Waals surface area contributed by atoms with Crippen LogP contribution in [-0.4, -0.2) is 58.8 Å². The van der Waals surface area contributed by atoms with Crippen molar-refractivity contribution in [3.63, 3.8) is 0 Å². The van der Waals surface area contributed by atoms with Crippen LogP contribution in [0.15, 0.2) is 12.3 Å². The first kappa shape index (κ1) is 16.5. The average molecular weight is 329 g/mol. The molecule has 22 heavy (non-hydrogen) atoms. The Morgan fingerprint density at radius 1 is 1.55 bits per heavy atom. The zero-order valence-corrected chi connectivity index (χ0v) is 13.0. The molecular formula is C14H17ClN2O5. The highest BCUT2D eigenvalue weighted by Gasteiger charge is 2.33. The van der Waals surface area contributed by atoms with Crippen LogP contribution in [0.3, 0.4) is 0 Å². The fraction of sp³-hybridized carbons (Fsp3) is 0.500. The largest absolute Gasteiger partial charge is 0.480 e. The Morgan fingerprint density at radius 2 is 2.27 bits per heavy atom. The third kappa shape index (κ3) is 3.66. The first-order valence-corrected chi connectivity index (χ1v) is 7.21. The molecule has 1 N–H and O–H groups in total. The number of hydrogen-bond donors (Lipinski definition) is 1. The lowest BCUT2D eigenvalue weighted by Gasteiger charge is -2.32. The highest BCUT2D eigenvalue weighted by atomic mass is 35.5. The lowest BCUT2D eigenvalue weighted by atomic mass is 10.1. The molecule has 0 aliphatic carbocycles. The molecule has 0 saturated carbocycles. The van der Waals surface area contributed by atoms with Gasteiger partial charge in [-0.3, -0.25) is 4.79 Å². The molecule has 1 aromatic rings. The van der Waals surface area contributed by atoms with Gasteiger partial charge in [0.15, 0.2) is 6.04 Å². The summed E-state index contributed by atoms with van der Waals surface area (Å²) < 4.78 is 10.5. The van der Waals surface area contributed by atoms with Crippen molar-refractivity contribution in [1.29, 1.82) is 0 Å². The molecular weight excluding hydrogens is 312 g/mol. The van der Waals surface area contributed by atoms with E-state index in [0.29, 0.717) is 6.61 Å². The van der Waals surface area contributed by atoms with Crippen molar-refractivity contribution in [3.8, 4) is 5.88 Å². The molecule has 1 aliphatic heterocycles. The molecule has 0 radical (unpaired) electrons. The van der Waals surface area contributed by atoms with Crippen molar-refractivity contribution in [2.75, 3.05) is 19.8 Å². The summed E-state index contributed by atoms with van der Waals surface area (Å²) in [5.41, 5.74) is 0.217. The molecule has 1 aromatic heterocycles. The number of pyridine rings is 1. The topological polar surface area (TPSA) is 89.0 Å². The number of nitrogens with zero attached hydrogens (tertiary/aromatic N) is 2. The summed E-state index contributed by atoms with van der Waals surface area (Å²) in [6.07, 6.45) is 1.24. The molecule has 1 fully saturated rings. The van der Waals surface area contributed by atoms with Crippen molar-refractivity contribution in [1.82, 2.24) is 9.88 Å². The number of rotatable bonds is 4. The van der Waals surface area contributed by atoms with Crippen LogP contribution in [0.5, 0.6) is 5.88 Å². The Morgan fingerprint density at radius 3 is 2.86 bits per heavy atom.